The van der Waals surface area contributed by atoms with E-state index in [0.29, 0.717) is 11.1 Å². The molecule has 19 heavy (non-hydrogen) atoms. The Balaban J connectivity index is 2.03. The van der Waals surface area contributed by atoms with Crippen LogP contribution in [0.3, 0.4) is 0 Å². The number of aromatic nitrogens is 2. The molecule has 4 nitrogen and oxygen atoms in total. The zero-order valence-corrected chi connectivity index (χ0v) is 13.0. The molecule has 0 radical (unpaired) electrons. The topological polar surface area (TPSA) is 49.8 Å². The number of aryl methyl sites for hydroxylation is 2. The van der Waals surface area contributed by atoms with Gasteiger partial charge in [0.05, 0.1) is 0 Å². The summed E-state index contributed by atoms with van der Waals surface area (Å²) in [5.41, 5.74) is 2.72. The molecule has 2 aromatic rings. The zero-order chi connectivity index (χ0) is 13.8. The Morgan fingerprint density at radius 1 is 1.05 bits per heavy atom. The molecule has 0 aliphatic carbocycles. The van der Waals surface area contributed by atoms with E-state index >= 15 is 0 Å². The molecular formula is C13H13BrN4S. The maximum absolute atomic E-state index is 5.22. The van der Waals surface area contributed by atoms with Gasteiger partial charge in [0.15, 0.2) is 5.11 Å². The number of nitrogens with zero attached hydrogens (tertiary/aromatic N) is 2. The smallest absolute Gasteiger partial charge is 0.229 e. The molecule has 0 unspecified atom stereocenters. The maximum Gasteiger partial charge on any atom is 0.229 e. The monoisotopic (exact) mass is 336 g/mol. The summed E-state index contributed by atoms with van der Waals surface area (Å²) < 4.78 is 1.02. The highest BCUT2D eigenvalue weighted by atomic mass is 79.9. The van der Waals surface area contributed by atoms with E-state index in [1.165, 1.54) is 0 Å². The standard InChI is InChI=1S/C13H13BrN4S/c1-8-7-9(2)16-12(15-8)18-13(19)17-11-5-3-10(14)4-6-11/h3-7H,1-2H3,(H2,15,16,17,18,19). The molecule has 1 aromatic carbocycles. The number of hydrogen-bond acceptors (Lipinski definition) is 3. The van der Waals surface area contributed by atoms with Crippen LogP contribution >= 0.6 is 28.1 Å². The van der Waals surface area contributed by atoms with E-state index < -0.39 is 0 Å². The second-order valence-corrected chi connectivity index (χ2v) is 5.38. The number of anilines is 2. The first-order valence-electron chi connectivity index (χ1n) is 5.69. The molecule has 0 aliphatic rings. The van der Waals surface area contributed by atoms with Crippen molar-refractivity contribution in [2.24, 2.45) is 0 Å². The van der Waals surface area contributed by atoms with Gasteiger partial charge in [-0.1, -0.05) is 15.9 Å². The minimum Gasteiger partial charge on any atom is -0.332 e. The van der Waals surface area contributed by atoms with Crippen LogP contribution in [0.25, 0.3) is 0 Å². The van der Waals surface area contributed by atoms with Crippen molar-refractivity contribution >= 4 is 44.9 Å². The zero-order valence-electron chi connectivity index (χ0n) is 10.6. The van der Waals surface area contributed by atoms with Gasteiger partial charge in [0, 0.05) is 21.5 Å². The van der Waals surface area contributed by atoms with Gasteiger partial charge in [0.25, 0.3) is 0 Å². The van der Waals surface area contributed by atoms with Crippen molar-refractivity contribution in [3.8, 4) is 0 Å². The second kappa shape index (κ2) is 6.08. The third-order valence-electron chi connectivity index (χ3n) is 2.31. The van der Waals surface area contributed by atoms with Crippen LogP contribution in [0.5, 0.6) is 0 Å². The third kappa shape index (κ3) is 4.25. The maximum atomic E-state index is 5.22. The Morgan fingerprint density at radius 2 is 1.63 bits per heavy atom. The molecule has 0 saturated carbocycles. The van der Waals surface area contributed by atoms with Crippen LogP contribution in [-0.2, 0) is 0 Å². The van der Waals surface area contributed by atoms with Crippen LogP contribution < -0.4 is 10.6 Å². The van der Waals surface area contributed by atoms with Gasteiger partial charge in [-0.2, -0.15) is 0 Å². The van der Waals surface area contributed by atoms with Gasteiger partial charge in [-0.15, -0.1) is 0 Å². The summed E-state index contributed by atoms with van der Waals surface area (Å²) in [7, 11) is 0. The van der Waals surface area contributed by atoms with E-state index in [2.05, 4.69) is 36.5 Å². The normalized spacial score (nSPS) is 10.1. The first kappa shape index (κ1) is 13.9. The predicted molar refractivity (Wildman–Crippen MR) is 85.5 cm³/mol. The lowest BCUT2D eigenvalue weighted by Crippen LogP contribution is -2.20. The van der Waals surface area contributed by atoms with E-state index in [-0.39, 0.29) is 0 Å². The fraction of sp³-hybridized carbons (Fsp3) is 0.154. The van der Waals surface area contributed by atoms with Crippen LogP contribution in [0.2, 0.25) is 0 Å². The van der Waals surface area contributed by atoms with E-state index in [1.54, 1.807) is 0 Å². The van der Waals surface area contributed by atoms with Crippen molar-refractivity contribution in [1.29, 1.82) is 0 Å². The van der Waals surface area contributed by atoms with Gasteiger partial charge in [0.2, 0.25) is 5.95 Å². The average Bonchev–Trinajstić information content (AvgIpc) is 2.30. The van der Waals surface area contributed by atoms with Crippen molar-refractivity contribution in [1.82, 2.24) is 9.97 Å². The Bertz CT molecular complexity index is 578. The first-order chi connectivity index (χ1) is 9.02. The van der Waals surface area contributed by atoms with Crippen molar-refractivity contribution in [3.05, 3.63) is 46.2 Å². The highest BCUT2D eigenvalue weighted by Gasteiger charge is 2.02. The van der Waals surface area contributed by atoms with Crippen molar-refractivity contribution in [3.63, 3.8) is 0 Å². The number of rotatable bonds is 2. The van der Waals surface area contributed by atoms with E-state index in [1.807, 2.05) is 44.2 Å². The lowest BCUT2D eigenvalue weighted by Gasteiger charge is -2.10. The van der Waals surface area contributed by atoms with Crippen LogP contribution in [0, 0.1) is 13.8 Å². The van der Waals surface area contributed by atoms with Crippen LogP contribution in [0.1, 0.15) is 11.4 Å². The average molecular weight is 337 g/mol. The summed E-state index contributed by atoms with van der Waals surface area (Å²) in [6, 6.07) is 9.66. The molecule has 98 valence electrons. The quantitative estimate of drug-likeness (QED) is 0.819. The summed E-state index contributed by atoms with van der Waals surface area (Å²) in [6.45, 7) is 3.84. The molecule has 0 aliphatic heterocycles. The highest BCUT2D eigenvalue weighted by Crippen LogP contribution is 2.14. The molecule has 6 heteroatoms. The van der Waals surface area contributed by atoms with Gasteiger partial charge >= 0.3 is 0 Å². The largest absolute Gasteiger partial charge is 0.332 e. The number of halogens is 1. The SMILES string of the molecule is Cc1cc(C)nc(NC(=S)Nc2ccc(Br)cc2)n1. The Labute approximate surface area is 125 Å². The van der Waals surface area contributed by atoms with Gasteiger partial charge in [-0.05, 0) is 56.4 Å². The summed E-state index contributed by atoms with van der Waals surface area (Å²) in [6.07, 6.45) is 0. The Morgan fingerprint density at radius 3 is 2.21 bits per heavy atom. The Kier molecular flexibility index (Phi) is 4.44. The molecule has 0 bridgehead atoms. The van der Waals surface area contributed by atoms with Gasteiger partial charge in [0.1, 0.15) is 0 Å². The summed E-state index contributed by atoms with van der Waals surface area (Å²) >= 11 is 8.61. The minimum absolute atomic E-state index is 0.465. The van der Waals surface area contributed by atoms with E-state index in [4.69, 9.17) is 12.2 Å². The molecule has 0 atom stereocenters. The van der Waals surface area contributed by atoms with Crippen molar-refractivity contribution in [2.75, 3.05) is 10.6 Å². The molecule has 1 heterocycles. The second-order valence-electron chi connectivity index (χ2n) is 4.06. The lowest BCUT2D eigenvalue weighted by molar-refractivity contribution is 1.07. The van der Waals surface area contributed by atoms with Gasteiger partial charge in [-0.3, -0.25) is 0 Å². The van der Waals surface area contributed by atoms with Crippen LogP contribution in [0.4, 0.5) is 11.6 Å². The summed E-state index contributed by atoms with van der Waals surface area (Å²) in [5.74, 6) is 0.507. The summed E-state index contributed by atoms with van der Waals surface area (Å²) in [5, 5.41) is 6.51. The van der Waals surface area contributed by atoms with Crippen LogP contribution in [0.15, 0.2) is 34.8 Å². The molecule has 0 fully saturated rings. The molecule has 0 amide bonds. The van der Waals surface area contributed by atoms with E-state index in [0.717, 1.165) is 21.5 Å². The third-order valence-corrected chi connectivity index (χ3v) is 3.04. The molecule has 0 saturated heterocycles. The molecule has 1 aromatic heterocycles. The molecular weight excluding hydrogens is 324 g/mol. The number of benzene rings is 1. The molecule has 2 N–H and O–H groups in total. The molecule has 0 spiro atoms. The fourth-order valence-electron chi connectivity index (χ4n) is 1.58. The lowest BCUT2D eigenvalue weighted by atomic mass is 10.3. The van der Waals surface area contributed by atoms with Gasteiger partial charge < -0.3 is 10.6 Å². The van der Waals surface area contributed by atoms with Gasteiger partial charge in [-0.25, -0.2) is 9.97 Å². The van der Waals surface area contributed by atoms with Crippen LogP contribution in [-0.4, -0.2) is 15.1 Å². The van der Waals surface area contributed by atoms with E-state index in [9.17, 15) is 0 Å². The van der Waals surface area contributed by atoms with Crippen molar-refractivity contribution < 1.29 is 0 Å². The molecule has 2 rings (SSSR count). The number of nitrogens with one attached hydrogen (secondary N) is 2. The Hall–Kier alpha value is -1.53. The fourth-order valence-corrected chi connectivity index (χ4v) is 2.05. The first-order valence-corrected chi connectivity index (χ1v) is 6.89. The summed E-state index contributed by atoms with van der Waals surface area (Å²) in [4.78, 5) is 8.55. The van der Waals surface area contributed by atoms with Crippen molar-refractivity contribution in [2.45, 2.75) is 13.8 Å². The number of hydrogen-bond donors (Lipinski definition) is 2. The predicted octanol–water partition coefficient (Wildman–Crippen LogP) is 3.66. The highest BCUT2D eigenvalue weighted by molar-refractivity contribution is 9.10. The minimum atomic E-state index is 0.465. The number of thiocarbonyl (C=S) groups is 1.